The number of rotatable bonds is 2. The number of aromatic amines is 1. The van der Waals surface area contributed by atoms with Crippen molar-refractivity contribution in [3.8, 4) is 16.9 Å². The van der Waals surface area contributed by atoms with E-state index in [4.69, 9.17) is 0 Å². The van der Waals surface area contributed by atoms with Crippen LogP contribution in [0.4, 0.5) is 4.39 Å². The number of nitrogens with zero attached hydrogens (tertiary/aromatic N) is 4. The standard InChI is InChI=1S/C21H16FN5O2/c1-12-4-3-5-15(10-12)27-16(13-6-8-14(22)9-7-13)11-26-17-18(23-20(26)27)25(2)21(29)24-19(17)28/h3-11H,1-2H3,(H,24,28,29). The molecule has 0 saturated carbocycles. The topological polar surface area (TPSA) is 77.1 Å². The van der Waals surface area contributed by atoms with Crippen LogP contribution in [-0.4, -0.2) is 23.5 Å². The van der Waals surface area contributed by atoms with Gasteiger partial charge in [0.1, 0.15) is 5.82 Å². The zero-order valence-corrected chi connectivity index (χ0v) is 15.7. The van der Waals surface area contributed by atoms with Gasteiger partial charge in [-0.15, -0.1) is 0 Å². The second-order valence-corrected chi connectivity index (χ2v) is 6.97. The van der Waals surface area contributed by atoms with E-state index in [0.717, 1.165) is 22.5 Å². The van der Waals surface area contributed by atoms with Crippen molar-refractivity contribution in [3.05, 3.63) is 86.9 Å². The summed E-state index contributed by atoms with van der Waals surface area (Å²) in [6.07, 6.45) is 1.78. The Labute approximate surface area is 163 Å². The minimum absolute atomic E-state index is 0.275. The van der Waals surface area contributed by atoms with E-state index in [9.17, 15) is 14.0 Å². The Bertz CT molecular complexity index is 1520. The minimum atomic E-state index is -0.524. The van der Waals surface area contributed by atoms with Crippen LogP contribution < -0.4 is 11.2 Å². The summed E-state index contributed by atoms with van der Waals surface area (Å²) in [6.45, 7) is 1.98. The van der Waals surface area contributed by atoms with Gasteiger partial charge in [0.2, 0.25) is 5.78 Å². The number of nitrogens with one attached hydrogen (secondary N) is 1. The van der Waals surface area contributed by atoms with E-state index < -0.39 is 11.2 Å². The maximum atomic E-state index is 13.5. The number of aromatic nitrogens is 5. The van der Waals surface area contributed by atoms with Gasteiger partial charge in [0.05, 0.1) is 5.69 Å². The normalized spacial score (nSPS) is 11.6. The first-order valence-electron chi connectivity index (χ1n) is 9.00. The van der Waals surface area contributed by atoms with Crippen LogP contribution in [0.25, 0.3) is 33.9 Å². The van der Waals surface area contributed by atoms with Gasteiger partial charge >= 0.3 is 5.69 Å². The summed E-state index contributed by atoms with van der Waals surface area (Å²) in [5.74, 6) is 0.153. The zero-order valence-electron chi connectivity index (χ0n) is 15.7. The quantitative estimate of drug-likeness (QED) is 0.504. The lowest BCUT2D eigenvalue weighted by Crippen LogP contribution is -2.28. The molecule has 5 aromatic rings. The Morgan fingerprint density at radius 3 is 2.55 bits per heavy atom. The van der Waals surface area contributed by atoms with Crippen molar-refractivity contribution in [2.45, 2.75) is 6.92 Å². The van der Waals surface area contributed by atoms with Crippen LogP contribution in [-0.2, 0) is 7.05 Å². The van der Waals surface area contributed by atoms with Crippen LogP contribution in [0.2, 0.25) is 0 Å². The first kappa shape index (κ1) is 17.2. The van der Waals surface area contributed by atoms with Crippen molar-refractivity contribution >= 4 is 16.9 Å². The van der Waals surface area contributed by atoms with E-state index in [1.54, 1.807) is 29.8 Å². The number of hydrogen-bond donors (Lipinski definition) is 1. The Balaban J connectivity index is 1.95. The lowest BCUT2D eigenvalue weighted by molar-refractivity contribution is 0.628. The number of hydrogen-bond acceptors (Lipinski definition) is 3. The van der Waals surface area contributed by atoms with Gasteiger partial charge in [-0.25, -0.2) is 9.18 Å². The third kappa shape index (κ3) is 2.53. The predicted molar refractivity (Wildman–Crippen MR) is 108 cm³/mol. The number of imidazole rings is 2. The molecule has 5 rings (SSSR count). The molecule has 7 nitrogen and oxygen atoms in total. The highest BCUT2D eigenvalue weighted by Crippen LogP contribution is 2.29. The molecular weight excluding hydrogens is 373 g/mol. The van der Waals surface area contributed by atoms with Gasteiger partial charge in [0.25, 0.3) is 5.56 Å². The van der Waals surface area contributed by atoms with E-state index in [2.05, 4.69) is 9.97 Å². The molecule has 0 atom stereocenters. The Kier molecular flexibility index (Phi) is 3.57. The molecule has 0 saturated heterocycles. The fourth-order valence-electron chi connectivity index (χ4n) is 3.60. The van der Waals surface area contributed by atoms with Gasteiger partial charge in [-0.3, -0.25) is 23.3 Å². The molecule has 8 heteroatoms. The van der Waals surface area contributed by atoms with E-state index in [-0.39, 0.29) is 11.3 Å². The molecule has 0 radical (unpaired) electrons. The zero-order chi connectivity index (χ0) is 20.3. The smallest absolute Gasteiger partial charge is 0.279 e. The molecule has 3 heterocycles. The van der Waals surface area contributed by atoms with Gasteiger partial charge in [0, 0.05) is 24.5 Å². The summed E-state index contributed by atoms with van der Waals surface area (Å²) in [7, 11) is 1.56. The van der Waals surface area contributed by atoms with Crippen LogP contribution in [0.3, 0.4) is 0 Å². The average molecular weight is 389 g/mol. The Morgan fingerprint density at radius 1 is 1.07 bits per heavy atom. The van der Waals surface area contributed by atoms with Gasteiger partial charge in [-0.1, -0.05) is 12.1 Å². The van der Waals surface area contributed by atoms with Crippen LogP contribution in [0.1, 0.15) is 5.56 Å². The van der Waals surface area contributed by atoms with E-state index in [1.165, 1.54) is 16.7 Å². The average Bonchev–Trinajstić information content (AvgIpc) is 3.23. The molecule has 0 unspecified atom stereocenters. The van der Waals surface area contributed by atoms with E-state index >= 15 is 0 Å². The summed E-state index contributed by atoms with van der Waals surface area (Å²) < 4.78 is 18.3. The molecule has 0 fully saturated rings. The first-order chi connectivity index (χ1) is 13.9. The molecular formula is C21H16FN5O2. The molecule has 0 aliphatic rings. The number of aryl methyl sites for hydroxylation is 2. The summed E-state index contributed by atoms with van der Waals surface area (Å²) in [5, 5.41) is 0. The highest BCUT2D eigenvalue weighted by atomic mass is 19.1. The number of benzene rings is 2. The Morgan fingerprint density at radius 2 is 1.83 bits per heavy atom. The van der Waals surface area contributed by atoms with Crippen molar-refractivity contribution < 1.29 is 4.39 Å². The molecule has 0 bridgehead atoms. The van der Waals surface area contributed by atoms with Crippen LogP contribution in [0, 0.1) is 12.7 Å². The molecule has 29 heavy (non-hydrogen) atoms. The van der Waals surface area contributed by atoms with Crippen LogP contribution in [0.15, 0.2) is 64.3 Å². The van der Waals surface area contributed by atoms with Crippen molar-refractivity contribution in [1.82, 2.24) is 23.5 Å². The second-order valence-electron chi connectivity index (χ2n) is 6.97. The molecule has 0 spiro atoms. The summed E-state index contributed by atoms with van der Waals surface area (Å²) >= 11 is 0. The SMILES string of the molecule is Cc1cccc(-n2c(-c3ccc(F)cc3)cn3c4c(=O)[nH]c(=O)n(C)c4nc23)c1. The van der Waals surface area contributed by atoms with Crippen LogP contribution in [0.5, 0.6) is 0 Å². The van der Waals surface area contributed by atoms with Crippen molar-refractivity contribution in [2.75, 3.05) is 0 Å². The first-order valence-corrected chi connectivity index (χ1v) is 9.00. The molecule has 0 aliphatic carbocycles. The molecule has 144 valence electrons. The van der Waals surface area contributed by atoms with Crippen molar-refractivity contribution in [3.63, 3.8) is 0 Å². The summed E-state index contributed by atoms with van der Waals surface area (Å²) in [5.41, 5.74) is 2.95. The van der Waals surface area contributed by atoms with Gasteiger partial charge in [-0.05, 0) is 48.9 Å². The largest absolute Gasteiger partial charge is 0.329 e. The third-order valence-electron chi connectivity index (χ3n) is 5.02. The van der Waals surface area contributed by atoms with E-state index in [1.807, 2.05) is 35.8 Å². The monoisotopic (exact) mass is 389 g/mol. The molecule has 0 amide bonds. The number of fused-ring (bicyclic) bond motifs is 3. The third-order valence-corrected chi connectivity index (χ3v) is 5.02. The number of H-pyrrole nitrogens is 1. The Hall–Kier alpha value is -3.94. The van der Waals surface area contributed by atoms with Gasteiger partial charge in [-0.2, -0.15) is 4.98 Å². The number of halogens is 1. The maximum absolute atomic E-state index is 13.5. The predicted octanol–water partition coefficient (Wildman–Crippen LogP) is 2.78. The molecule has 0 aliphatic heterocycles. The molecule has 3 aromatic heterocycles. The second kappa shape index (κ2) is 6.03. The fraction of sp³-hybridized carbons (Fsp3) is 0.0952. The lowest BCUT2D eigenvalue weighted by atomic mass is 10.1. The van der Waals surface area contributed by atoms with Crippen LogP contribution >= 0.6 is 0 Å². The van der Waals surface area contributed by atoms with Crippen molar-refractivity contribution in [2.24, 2.45) is 7.05 Å². The van der Waals surface area contributed by atoms with Gasteiger partial charge in [0.15, 0.2) is 11.2 Å². The van der Waals surface area contributed by atoms with Gasteiger partial charge < -0.3 is 0 Å². The molecule has 1 N–H and O–H groups in total. The highest BCUT2D eigenvalue weighted by molar-refractivity contribution is 5.79. The molecule has 2 aromatic carbocycles. The highest BCUT2D eigenvalue weighted by Gasteiger charge is 2.20. The van der Waals surface area contributed by atoms with E-state index in [0.29, 0.717) is 11.4 Å². The lowest BCUT2D eigenvalue weighted by Gasteiger charge is -2.10. The minimum Gasteiger partial charge on any atom is -0.279 e. The summed E-state index contributed by atoms with van der Waals surface area (Å²) in [4.78, 5) is 31.4. The fourth-order valence-corrected chi connectivity index (χ4v) is 3.60. The maximum Gasteiger partial charge on any atom is 0.329 e. The summed E-state index contributed by atoms with van der Waals surface area (Å²) in [6, 6.07) is 14.0. The van der Waals surface area contributed by atoms with Crippen molar-refractivity contribution in [1.29, 1.82) is 0 Å².